The molecule has 7 heteroatoms. The van der Waals surface area contributed by atoms with E-state index in [1.165, 1.54) is 6.42 Å². The topological polar surface area (TPSA) is 91.8 Å². The molecule has 0 aromatic carbocycles. The minimum absolute atomic E-state index is 0.0325. The Morgan fingerprint density at radius 2 is 1.94 bits per heavy atom. The maximum absolute atomic E-state index is 13.1. The average Bonchev–Trinajstić information content (AvgIpc) is 3.60. The Balaban J connectivity index is 1.52. The molecular formula is C24H35N3O4. The number of nitrogens with one attached hydrogen (secondary N) is 1. The van der Waals surface area contributed by atoms with Gasteiger partial charge in [-0.2, -0.15) is 4.98 Å². The van der Waals surface area contributed by atoms with E-state index >= 15 is 0 Å². The minimum Gasteiger partial charge on any atom is -0.481 e. The van der Waals surface area contributed by atoms with Crippen molar-refractivity contribution in [2.45, 2.75) is 83.3 Å². The quantitative estimate of drug-likeness (QED) is 0.649. The first kappa shape index (κ1) is 21.9. The predicted octanol–water partition coefficient (Wildman–Crippen LogP) is 4.01. The molecule has 0 radical (unpaired) electrons. The van der Waals surface area contributed by atoms with Gasteiger partial charge in [0.2, 0.25) is 5.88 Å². The van der Waals surface area contributed by atoms with E-state index < -0.39 is 5.97 Å². The molecular weight excluding hydrogens is 394 g/mol. The first-order valence-electron chi connectivity index (χ1n) is 11.9. The molecule has 1 amide bonds. The average molecular weight is 430 g/mol. The van der Waals surface area contributed by atoms with Crippen molar-refractivity contribution in [2.24, 2.45) is 11.8 Å². The standard InChI is InChI=1S/C24H35N3O4/c1-16(18-9-10-18)31-24-20(23(30)25-19-7-3-2-4-8-19)11-12-21(26-24)27-13-5-6-17(15-27)14-22(28)29/h11-12,16-19H,2-10,13-15H2,1H3,(H,25,30)(H,28,29)/t16?,17-/m0/s1. The van der Waals surface area contributed by atoms with Crippen LogP contribution < -0.4 is 15.0 Å². The summed E-state index contributed by atoms with van der Waals surface area (Å²) < 4.78 is 6.21. The van der Waals surface area contributed by atoms with E-state index in [1.807, 2.05) is 12.1 Å². The Kier molecular flexibility index (Phi) is 6.98. The summed E-state index contributed by atoms with van der Waals surface area (Å²) in [4.78, 5) is 31.1. The van der Waals surface area contributed by atoms with E-state index in [-0.39, 0.29) is 30.4 Å². The fourth-order valence-electron chi connectivity index (χ4n) is 4.90. The lowest BCUT2D eigenvalue weighted by atomic mass is 9.95. The second-order valence-electron chi connectivity index (χ2n) is 9.54. The number of carbonyl (C=O) groups excluding carboxylic acids is 1. The van der Waals surface area contributed by atoms with Crippen molar-refractivity contribution in [1.29, 1.82) is 0 Å². The predicted molar refractivity (Wildman–Crippen MR) is 119 cm³/mol. The van der Waals surface area contributed by atoms with Crippen molar-refractivity contribution < 1.29 is 19.4 Å². The zero-order chi connectivity index (χ0) is 21.8. The molecule has 1 aliphatic heterocycles. The summed E-state index contributed by atoms with van der Waals surface area (Å²) in [5.41, 5.74) is 0.501. The SMILES string of the molecule is CC(Oc1nc(N2CCC[C@@H](CC(=O)O)C2)ccc1C(=O)NC1CCCCC1)C1CC1. The van der Waals surface area contributed by atoms with Crippen molar-refractivity contribution >= 4 is 17.7 Å². The van der Waals surface area contributed by atoms with Gasteiger partial charge in [-0.1, -0.05) is 19.3 Å². The maximum Gasteiger partial charge on any atom is 0.303 e. The smallest absolute Gasteiger partial charge is 0.303 e. The monoisotopic (exact) mass is 429 g/mol. The lowest BCUT2D eigenvalue weighted by Gasteiger charge is -2.33. The summed E-state index contributed by atoms with van der Waals surface area (Å²) in [5, 5.41) is 12.3. The van der Waals surface area contributed by atoms with Gasteiger partial charge in [-0.05, 0) is 69.4 Å². The number of carbonyl (C=O) groups is 2. The fraction of sp³-hybridized carbons (Fsp3) is 0.708. The van der Waals surface area contributed by atoms with Gasteiger partial charge in [0.1, 0.15) is 17.5 Å². The summed E-state index contributed by atoms with van der Waals surface area (Å²) >= 11 is 0. The van der Waals surface area contributed by atoms with Gasteiger partial charge >= 0.3 is 5.97 Å². The van der Waals surface area contributed by atoms with E-state index in [9.17, 15) is 9.59 Å². The van der Waals surface area contributed by atoms with Crippen molar-refractivity contribution in [2.75, 3.05) is 18.0 Å². The fourth-order valence-corrected chi connectivity index (χ4v) is 4.90. The number of rotatable bonds is 8. The van der Waals surface area contributed by atoms with Crippen molar-refractivity contribution in [1.82, 2.24) is 10.3 Å². The van der Waals surface area contributed by atoms with Crippen LogP contribution in [0.15, 0.2) is 12.1 Å². The Hall–Kier alpha value is -2.31. The van der Waals surface area contributed by atoms with Crippen LogP contribution in [0.2, 0.25) is 0 Å². The third kappa shape index (κ3) is 5.89. The molecule has 2 atom stereocenters. The van der Waals surface area contributed by atoms with Crippen LogP contribution in [0.1, 0.15) is 81.5 Å². The highest BCUT2D eigenvalue weighted by molar-refractivity contribution is 5.96. The van der Waals surface area contributed by atoms with Gasteiger partial charge in [0.15, 0.2) is 0 Å². The van der Waals surface area contributed by atoms with Gasteiger partial charge in [0, 0.05) is 25.6 Å². The van der Waals surface area contributed by atoms with Crippen molar-refractivity contribution in [3.63, 3.8) is 0 Å². The summed E-state index contributed by atoms with van der Waals surface area (Å²) in [6.45, 7) is 3.57. The summed E-state index contributed by atoms with van der Waals surface area (Å²) in [6.07, 6.45) is 10.0. The van der Waals surface area contributed by atoms with E-state index in [0.717, 1.165) is 63.7 Å². The van der Waals surface area contributed by atoms with Crippen molar-refractivity contribution in [3.05, 3.63) is 17.7 Å². The summed E-state index contributed by atoms with van der Waals surface area (Å²) in [7, 11) is 0. The van der Waals surface area contributed by atoms with E-state index in [2.05, 4.69) is 17.1 Å². The van der Waals surface area contributed by atoms with Crippen LogP contribution >= 0.6 is 0 Å². The number of pyridine rings is 1. The number of hydrogen-bond donors (Lipinski definition) is 2. The van der Waals surface area contributed by atoms with Crippen LogP contribution in [-0.4, -0.2) is 47.2 Å². The van der Waals surface area contributed by atoms with Crippen LogP contribution in [0.5, 0.6) is 5.88 Å². The number of aromatic nitrogens is 1. The zero-order valence-electron chi connectivity index (χ0n) is 18.5. The van der Waals surface area contributed by atoms with Crippen LogP contribution in [0, 0.1) is 11.8 Å². The highest BCUT2D eigenvalue weighted by Gasteiger charge is 2.32. The molecule has 2 saturated carbocycles. The molecule has 3 aliphatic rings. The van der Waals surface area contributed by atoms with Crippen LogP contribution in [0.25, 0.3) is 0 Å². The van der Waals surface area contributed by atoms with E-state index in [1.54, 1.807) is 0 Å². The Labute approximate surface area is 184 Å². The second kappa shape index (κ2) is 9.88. The summed E-state index contributed by atoms with van der Waals surface area (Å²) in [5.74, 6) is 0.975. The molecule has 0 bridgehead atoms. The minimum atomic E-state index is -0.753. The van der Waals surface area contributed by atoms with Gasteiger partial charge in [-0.25, -0.2) is 0 Å². The molecule has 1 unspecified atom stereocenters. The van der Waals surface area contributed by atoms with Gasteiger partial charge < -0.3 is 20.1 Å². The Morgan fingerprint density at radius 1 is 1.16 bits per heavy atom. The molecule has 31 heavy (non-hydrogen) atoms. The second-order valence-corrected chi connectivity index (χ2v) is 9.54. The number of hydrogen-bond acceptors (Lipinski definition) is 5. The molecule has 1 aromatic heterocycles. The number of carboxylic acid groups (broad SMARTS) is 1. The first-order chi connectivity index (χ1) is 15.0. The zero-order valence-corrected chi connectivity index (χ0v) is 18.5. The Morgan fingerprint density at radius 3 is 2.65 bits per heavy atom. The number of amides is 1. The first-order valence-corrected chi connectivity index (χ1v) is 11.9. The normalized spacial score (nSPS) is 23.3. The van der Waals surface area contributed by atoms with E-state index in [0.29, 0.717) is 23.9 Å². The van der Waals surface area contributed by atoms with Gasteiger partial charge in [0.25, 0.3) is 5.91 Å². The Bertz CT molecular complexity index is 789. The third-order valence-electron chi connectivity index (χ3n) is 6.92. The lowest BCUT2D eigenvalue weighted by Crippen LogP contribution is -2.38. The number of carboxylic acids is 1. The molecule has 2 heterocycles. The molecule has 2 aliphatic carbocycles. The number of aliphatic carboxylic acids is 1. The van der Waals surface area contributed by atoms with Crippen molar-refractivity contribution in [3.8, 4) is 5.88 Å². The number of piperidine rings is 1. The van der Waals surface area contributed by atoms with Crippen LogP contribution in [0.4, 0.5) is 5.82 Å². The molecule has 1 saturated heterocycles. The number of nitrogens with zero attached hydrogens (tertiary/aromatic N) is 2. The lowest BCUT2D eigenvalue weighted by molar-refractivity contribution is -0.138. The largest absolute Gasteiger partial charge is 0.481 e. The van der Waals surface area contributed by atoms with Crippen LogP contribution in [0.3, 0.4) is 0 Å². The van der Waals surface area contributed by atoms with E-state index in [4.69, 9.17) is 14.8 Å². The molecule has 4 rings (SSSR count). The molecule has 170 valence electrons. The van der Waals surface area contributed by atoms with Gasteiger partial charge in [-0.15, -0.1) is 0 Å². The van der Waals surface area contributed by atoms with Gasteiger partial charge in [-0.3, -0.25) is 9.59 Å². The number of ether oxygens (including phenoxy) is 1. The molecule has 3 fully saturated rings. The molecule has 2 N–H and O–H groups in total. The van der Waals surface area contributed by atoms with Gasteiger partial charge in [0.05, 0.1) is 0 Å². The van der Waals surface area contributed by atoms with Crippen LogP contribution in [-0.2, 0) is 4.79 Å². The number of anilines is 1. The molecule has 0 spiro atoms. The highest BCUT2D eigenvalue weighted by Crippen LogP contribution is 2.36. The molecule has 1 aromatic rings. The highest BCUT2D eigenvalue weighted by atomic mass is 16.5. The summed E-state index contributed by atoms with van der Waals surface area (Å²) in [6, 6.07) is 3.94. The third-order valence-corrected chi connectivity index (χ3v) is 6.92. The maximum atomic E-state index is 13.1. The molecule has 7 nitrogen and oxygen atoms in total.